The van der Waals surface area contributed by atoms with Crippen LogP contribution in [0.4, 0.5) is 5.82 Å². The Bertz CT molecular complexity index is 1510. The summed E-state index contributed by atoms with van der Waals surface area (Å²) in [6, 6.07) is 1.84. The van der Waals surface area contributed by atoms with E-state index in [0.29, 0.717) is 47.2 Å². The Hall–Kier alpha value is -3.42. The molecule has 0 radical (unpaired) electrons. The molecule has 0 aromatic carbocycles. The summed E-state index contributed by atoms with van der Waals surface area (Å²) >= 11 is 0. The molecule has 0 aliphatic heterocycles. The first-order valence-corrected chi connectivity index (χ1v) is 14.0. The molecule has 0 atom stereocenters. The topological polar surface area (TPSA) is 152 Å². The van der Waals surface area contributed by atoms with Gasteiger partial charge in [0, 0.05) is 56.0 Å². The first-order valence-electron chi connectivity index (χ1n) is 12.1. The summed E-state index contributed by atoms with van der Waals surface area (Å²) in [5.74, 6) is 0.487. The van der Waals surface area contributed by atoms with E-state index in [0.717, 1.165) is 31.9 Å². The molecule has 5 rings (SSSR count). The minimum atomic E-state index is -3.66. The molecule has 37 heavy (non-hydrogen) atoms. The number of hydrogen-bond donors (Lipinski definition) is 1. The molecule has 1 aliphatic carbocycles. The van der Waals surface area contributed by atoms with E-state index < -0.39 is 9.84 Å². The van der Waals surface area contributed by atoms with Crippen molar-refractivity contribution in [1.82, 2.24) is 34.3 Å². The standard InChI is InChI=1S/C24H30N8O4S/c1-31-9-8-19(30-31)23-26-12-16(13-27-23)18-14-28-32-22(25)21(37(3,33)34)20(29-24(18)32)15-4-6-17(7-5-15)36-11-10-35-2/h8-9,12-15,17H,4-7,10-11,25H2,1-3H3. The molecule has 0 amide bonds. The SMILES string of the molecule is COCCOC1CCC(c2nc3c(-c4cnc(-c5ccn(C)n5)nc4)cnn3c(N)c2S(C)(=O)=O)CC1. The zero-order valence-electron chi connectivity index (χ0n) is 21.0. The van der Waals surface area contributed by atoms with Crippen LogP contribution in [0.15, 0.2) is 35.7 Å². The van der Waals surface area contributed by atoms with Crippen LogP contribution in [-0.2, 0) is 26.4 Å². The molecule has 13 heteroatoms. The number of nitrogens with zero attached hydrogens (tertiary/aromatic N) is 7. The van der Waals surface area contributed by atoms with Crippen LogP contribution >= 0.6 is 0 Å². The lowest BCUT2D eigenvalue weighted by Gasteiger charge is -2.29. The first kappa shape index (κ1) is 25.2. The van der Waals surface area contributed by atoms with E-state index >= 15 is 0 Å². The zero-order chi connectivity index (χ0) is 26.2. The predicted octanol–water partition coefficient (Wildman–Crippen LogP) is 2.26. The summed E-state index contributed by atoms with van der Waals surface area (Å²) in [4.78, 5) is 13.8. The Morgan fingerprint density at radius 1 is 1.11 bits per heavy atom. The number of fused-ring (bicyclic) bond motifs is 1. The second-order valence-electron chi connectivity index (χ2n) is 9.28. The Morgan fingerprint density at radius 3 is 2.46 bits per heavy atom. The third-order valence-corrected chi connectivity index (χ3v) is 7.80. The van der Waals surface area contributed by atoms with E-state index in [4.69, 9.17) is 20.2 Å². The maximum absolute atomic E-state index is 12.8. The maximum atomic E-state index is 12.8. The first-order chi connectivity index (χ1) is 17.8. The van der Waals surface area contributed by atoms with Crippen molar-refractivity contribution in [3.05, 3.63) is 36.5 Å². The fourth-order valence-corrected chi connectivity index (χ4v) is 5.87. The maximum Gasteiger partial charge on any atom is 0.180 e. The summed E-state index contributed by atoms with van der Waals surface area (Å²) in [6.45, 7) is 1.08. The highest BCUT2D eigenvalue weighted by molar-refractivity contribution is 7.91. The predicted molar refractivity (Wildman–Crippen MR) is 137 cm³/mol. The highest BCUT2D eigenvalue weighted by Crippen LogP contribution is 2.39. The van der Waals surface area contributed by atoms with Gasteiger partial charge in [0.1, 0.15) is 16.4 Å². The van der Waals surface area contributed by atoms with E-state index in [2.05, 4.69) is 20.2 Å². The normalized spacial score (nSPS) is 18.5. The molecule has 12 nitrogen and oxygen atoms in total. The van der Waals surface area contributed by atoms with Crippen molar-refractivity contribution in [2.24, 2.45) is 7.05 Å². The number of aryl methyl sites for hydroxylation is 1. The quantitative estimate of drug-likeness (QED) is 0.338. The summed E-state index contributed by atoms with van der Waals surface area (Å²) in [6.07, 6.45) is 11.2. The van der Waals surface area contributed by atoms with Crippen LogP contribution < -0.4 is 5.73 Å². The monoisotopic (exact) mass is 526 g/mol. The van der Waals surface area contributed by atoms with Gasteiger partial charge in [-0.15, -0.1) is 0 Å². The van der Waals surface area contributed by atoms with Crippen molar-refractivity contribution < 1.29 is 17.9 Å². The molecule has 0 unspecified atom stereocenters. The van der Waals surface area contributed by atoms with E-state index in [1.807, 2.05) is 19.3 Å². The minimum absolute atomic E-state index is 0.0418. The molecular formula is C24H30N8O4S. The largest absolute Gasteiger partial charge is 0.382 e. The van der Waals surface area contributed by atoms with Crippen LogP contribution in [0.2, 0.25) is 0 Å². The Balaban J connectivity index is 1.50. The van der Waals surface area contributed by atoms with Crippen LogP contribution in [0.5, 0.6) is 0 Å². The van der Waals surface area contributed by atoms with E-state index in [1.165, 1.54) is 4.52 Å². The molecule has 4 aromatic heterocycles. The van der Waals surface area contributed by atoms with Crippen molar-refractivity contribution in [2.75, 3.05) is 32.3 Å². The Labute approximate surface area is 214 Å². The highest BCUT2D eigenvalue weighted by atomic mass is 32.2. The van der Waals surface area contributed by atoms with E-state index in [-0.39, 0.29) is 22.7 Å². The molecule has 196 valence electrons. The van der Waals surface area contributed by atoms with Gasteiger partial charge in [0.05, 0.1) is 31.2 Å². The number of ether oxygens (including phenoxy) is 2. The molecule has 0 bridgehead atoms. The van der Waals surface area contributed by atoms with Gasteiger partial charge in [-0.1, -0.05) is 0 Å². The van der Waals surface area contributed by atoms with Crippen LogP contribution in [0.3, 0.4) is 0 Å². The lowest BCUT2D eigenvalue weighted by molar-refractivity contribution is -0.00308. The number of methoxy groups -OCH3 is 1. The molecule has 1 saturated carbocycles. The molecular weight excluding hydrogens is 496 g/mol. The Morgan fingerprint density at radius 2 is 1.84 bits per heavy atom. The number of rotatable bonds is 8. The van der Waals surface area contributed by atoms with Crippen molar-refractivity contribution in [1.29, 1.82) is 0 Å². The average molecular weight is 527 g/mol. The van der Waals surface area contributed by atoms with Gasteiger partial charge in [-0.05, 0) is 31.7 Å². The molecule has 0 saturated heterocycles. The third-order valence-electron chi connectivity index (χ3n) is 6.64. The third kappa shape index (κ3) is 5.06. The smallest absolute Gasteiger partial charge is 0.180 e. The van der Waals surface area contributed by atoms with Crippen molar-refractivity contribution in [3.63, 3.8) is 0 Å². The lowest BCUT2D eigenvalue weighted by atomic mass is 9.85. The average Bonchev–Trinajstić information content (AvgIpc) is 3.50. The molecule has 1 fully saturated rings. The van der Waals surface area contributed by atoms with Gasteiger partial charge in [0.15, 0.2) is 21.3 Å². The fraction of sp³-hybridized carbons (Fsp3) is 0.458. The molecule has 0 spiro atoms. The Kier molecular flexibility index (Phi) is 6.92. The number of aromatic nitrogens is 7. The lowest BCUT2D eigenvalue weighted by Crippen LogP contribution is -2.24. The van der Waals surface area contributed by atoms with Crippen LogP contribution in [0.25, 0.3) is 28.3 Å². The number of anilines is 1. The number of nitrogen functional groups attached to an aromatic ring is 1. The van der Waals surface area contributed by atoms with Gasteiger partial charge in [-0.2, -0.15) is 14.7 Å². The summed E-state index contributed by atoms with van der Waals surface area (Å²) in [5, 5.41) is 8.69. The van der Waals surface area contributed by atoms with E-state index in [1.54, 1.807) is 30.4 Å². The summed E-state index contributed by atoms with van der Waals surface area (Å²) in [5.41, 5.74) is 9.38. The minimum Gasteiger partial charge on any atom is -0.382 e. The van der Waals surface area contributed by atoms with Gasteiger partial charge < -0.3 is 15.2 Å². The molecule has 4 heterocycles. The van der Waals surface area contributed by atoms with Gasteiger partial charge in [0.2, 0.25) is 0 Å². The second-order valence-corrected chi connectivity index (χ2v) is 11.2. The number of sulfone groups is 1. The van der Waals surface area contributed by atoms with Gasteiger partial charge in [0.25, 0.3) is 0 Å². The summed E-state index contributed by atoms with van der Waals surface area (Å²) < 4.78 is 39.7. The van der Waals surface area contributed by atoms with Crippen molar-refractivity contribution in [3.8, 4) is 22.6 Å². The van der Waals surface area contributed by atoms with Gasteiger partial charge >= 0.3 is 0 Å². The molecule has 4 aromatic rings. The van der Waals surface area contributed by atoms with Crippen LogP contribution in [-0.4, -0.2) is 75.4 Å². The van der Waals surface area contributed by atoms with Gasteiger partial charge in [-0.25, -0.2) is 23.4 Å². The summed E-state index contributed by atoms with van der Waals surface area (Å²) in [7, 11) is -0.182. The molecule has 2 N–H and O–H groups in total. The van der Waals surface area contributed by atoms with Crippen LogP contribution in [0, 0.1) is 0 Å². The number of hydrogen-bond acceptors (Lipinski definition) is 10. The van der Waals surface area contributed by atoms with Crippen molar-refractivity contribution in [2.45, 2.75) is 42.6 Å². The van der Waals surface area contributed by atoms with Crippen molar-refractivity contribution >= 4 is 21.3 Å². The fourth-order valence-electron chi connectivity index (χ4n) is 4.81. The highest BCUT2D eigenvalue weighted by Gasteiger charge is 2.32. The van der Waals surface area contributed by atoms with Gasteiger partial charge in [-0.3, -0.25) is 4.68 Å². The molecule has 1 aliphatic rings. The zero-order valence-corrected chi connectivity index (χ0v) is 21.8. The van der Waals surface area contributed by atoms with E-state index in [9.17, 15) is 8.42 Å². The van der Waals surface area contributed by atoms with Crippen LogP contribution in [0.1, 0.15) is 37.3 Å². The second kappa shape index (κ2) is 10.1. The number of nitrogens with two attached hydrogens (primary N) is 1.